The largest absolute Gasteiger partial charge is 0.481 e. The van der Waals surface area contributed by atoms with E-state index in [4.69, 9.17) is 9.84 Å². The molecule has 0 spiro atoms. The number of hydrogen-bond donors (Lipinski definition) is 1. The minimum atomic E-state index is -0.704. The van der Waals surface area contributed by atoms with Gasteiger partial charge in [0, 0.05) is 12.8 Å². The van der Waals surface area contributed by atoms with Gasteiger partial charge in [-0.25, -0.2) is 0 Å². The van der Waals surface area contributed by atoms with Crippen molar-refractivity contribution in [1.29, 1.82) is 0 Å². The van der Waals surface area contributed by atoms with Gasteiger partial charge in [-0.2, -0.15) is 0 Å². The van der Waals surface area contributed by atoms with E-state index >= 15 is 0 Å². The van der Waals surface area contributed by atoms with Gasteiger partial charge in [0.05, 0.1) is 0 Å². The van der Waals surface area contributed by atoms with E-state index in [1.54, 1.807) is 0 Å². The number of hydrogen-bond acceptors (Lipinski definition) is 3. The molecule has 54 heavy (non-hydrogen) atoms. The molecule has 312 valence electrons. The minimum absolute atomic E-state index is 0.0128. The Balaban J connectivity index is 4.02. The number of carboxylic acids is 1. The second-order valence-corrected chi connectivity index (χ2v) is 15.6. The number of carbonyl (C=O) groups excluding carboxylic acids is 1. The minimum Gasteiger partial charge on any atom is -0.481 e. The summed E-state index contributed by atoms with van der Waals surface area (Å²) in [6, 6.07) is 0. The molecule has 0 heterocycles. The van der Waals surface area contributed by atoms with Gasteiger partial charge >= 0.3 is 11.9 Å². The van der Waals surface area contributed by atoms with Crippen molar-refractivity contribution >= 4 is 11.9 Å². The Morgan fingerprint density at radius 2 is 0.778 bits per heavy atom. The highest BCUT2D eigenvalue weighted by molar-refractivity contribution is 5.69. The molecule has 1 unspecified atom stereocenters. The lowest BCUT2D eigenvalue weighted by molar-refractivity contribution is -0.150. The van der Waals surface area contributed by atoms with Gasteiger partial charge in [-0.3, -0.25) is 9.59 Å². The first-order chi connectivity index (χ1) is 26.6. The Morgan fingerprint density at radius 3 is 1.24 bits per heavy atom. The summed E-state index contributed by atoms with van der Waals surface area (Å²) in [7, 11) is 0. The molecule has 4 heteroatoms. The van der Waals surface area contributed by atoms with Crippen LogP contribution in [0, 0.1) is 0 Å². The fourth-order valence-corrected chi connectivity index (χ4v) is 6.82. The maximum atomic E-state index is 12.8. The summed E-state index contributed by atoms with van der Waals surface area (Å²) in [5.74, 6) is -0.716. The molecule has 0 aliphatic heterocycles. The van der Waals surface area contributed by atoms with Gasteiger partial charge in [-0.05, 0) is 103 Å². The lowest BCUT2D eigenvalue weighted by atomic mass is 10.0. The van der Waals surface area contributed by atoms with Gasteiger partial charge in [-0.1, -0.05) is 184 Å². The normalized spacial score (nSPS) is 12.8. The maximum absolute atomic E-state index is 12.8. The zero-order valence-corrected chi connectivity index (χ0v) is 35.8. The first kappa shape index (κ1) is 51.6. The van der Waals surface area contributed by atoms with Gasteiger partial charge in [0.2, 0.25) is 0 Å². The van der Waals surface area contributed by atoms with E-state index in [1.807, 2.05) is 0 Å². The molecule has 0 aromatic heterocycles. The summed E-state index contributed by atoms with van der Waals surface area (Å²) in [5.41, 5.74) is 0. The van der Waals surface area contributed by atoms with Crippen LogP contribution in [0.4, 0.5) is 0 Å². The second kappa shape index (κ2) is 45.0. The predicted molar refractivity (Wildman–Crippen MR) is 236 cm³/mol. The molecule has 1 atom stereocenters. The van der Waals surface area contributed by atoms with Crippen molar-refractivity contribution in [3.63, 3.8) is 0 Å². The molecule has 0 fully saturated rings. The van der Waals surface area contributed by atoms with E-state index in [0.29, 0.717) is 6.42 Å². The van der Waals surface area contributed by atoms with Crippen molar-refractivity contribution in [3.8, 4) is 0 Å². The monoisotopic (exact) mass is 753 g/mol. The second-order valence-electron chi connectivity index (χ2n) is 15.6. The van der Waals surface area contributed by atoms with Crippen LogP contribution in [0.5, 0.6) is 0 Å². The van der Waals surface area contributed by atoms with Gasteiger partial charge in [0.25, 0.3) is 0 Å². The number of ether oxygens (including phenoxy) is 1. The number of aliphatic carboxylic acids is 1. The first-order valence-electron chi connectivity index (χ1n) is 23.3. The molecule has 0 aliphatic rings. The molecule has 1 N–H and O–H groups in total. The summed E-state index contributed by atoms with van der Waals surface area (Å²) in [5, 5.41) is 8.86. The molecular weight excluding hydrogens is 665 g/mol. The van der Waals surface area contributed by atoms with E-state index in [0.717, 1.165) is 96.3 Å². The molecule has 0 aromatic carbocycles. The average Bonchev–Trinajstić information content (AvgIpc) is 3.16. The van der Waals surface area contributed by atoms with Crippen LogP contribution in [0.3, 0.4) is 0 Å². The third-order valence-electron chi connectivity index (χ3n) is 10.2. The van der Waals surface area contributed by atoms with Crippen LogP contribution in [0.15, 0.2) is 60.8 Å². The predicted octanol–water partition coefficient (Wildman–Crippen LogP) is 16.5. The molecule has 0 aliphatic carbocycles. The van der Waals surface area contributed by atoms with Crippen molar-refractivity contribution in [3.05, 3.63) is 60.8 Å². The van der Waals surface area contributed by atoms with Gasteiger partial charge in [-0.15, -0.1) is 0 Å². The topological polar surface area (TPSA) is 63.6 Å². The van der Waals surface area contributed by atoms with Crippen LogP contribution in [0.1, 0.15) is 239 Å². The summed E-state index contributed by atoms with van der Waals surface area (Å²) >= 11 is 0. The Kier molecular flexibility index (Phi) is 43.1. The number of esters is 1. The first-order valence-corrected chi connectivity index (χ1v) is 23.3. The van der Waals surface area contributed by atoms with Crippen molar-refractivity contribution < 1.29 is 19.4 Å². The van der Waals surface area contributed by atoms with Crippen LogP contribution >= 0.6 is 0 Å². The molecule has 4 nitrogen and oxygen atoms in total. The van der Waals surface area contributed by atoms with Gasteiger partial charge in [0.15, 0.2) is 0 Å². The Labute approximate surface area is 335 Å². The SMILES string of the molecule is CC/C=C\C/C=C\C/C=C\C/C=C\CCCCCCCCCCC(=O)OC(CCCCC/C=C\CCCCCCCCCC)CCCCCCCC(=O)O. The highest BCUT2D eigenvalue weighted by Crippen LogP contribution is 2.19. The molecule has 0 radical (unpaired) electrons. The lowest BCUT2D eigenvalue weighted by Gasteiger charge is -2.18. The van der Waals surface area contributed by atoms with Crippen molar-refractivity contribution in [2.45, 2.75) is 245 Å². The lowest BCUT2D eigenvalue weighted by Crippen LogP contribution is -2.18. The van der Waals surface area contributed by atoms with E-state index in [9.17, 15) is 9.59 Å². The number of unbranched alkanes of at least 4 members (excludes halogenated alkanes) is 23. The van der Waals surface area contributed by atoms with Crippen LogP contribution in [0.25, 0.3) is 0 Å². The Hall–Kier alpha value is -2.36. The summed E-state index contributed by atoms with van der Waals surface area (Å²) in [6.07, 6.45) is 62.5. The smallest absolute Gasteiger partial charge is 0.306 e. The van der Waals surface area contributed by atoms with Crippen LogP contribution in [-0.2, 0) is 14.3 Å². The standard InChI is InChI=1S/C50H88O4/c1-3-5-7-9-11-13-15-17-19-20-21-22-23-24-26-28-30-32-34-39-43-47-50(53)54-48(45-41-37-35-38-42-46-49(51)52)44-40-36-33-31-29-27-25-18-16-14-12-10-8-6-4-2/h5,7,11,13,17,19,21-22,27,29,48H,3-4,6,8-10,12,14-16,18,20,23-26,28,30-47H2,1-2H3,(H,51,52)/b7-5-,13-11-,19-17-,22-21-,29-27-. The highest BCUT2D eigenvalue weighted by atomic mass is 16.5. The molecule has 0 aromatic rings. The van der Waals surface area contributed by atoms with Gasteiger partial charge < -0.3 is 9.84 Å². The van der Waals surface area contributed by atoms with E-state index < -0.39 is 5.97 Å². The van der Waals surface area contributed by atoms with Crippen molar-refractivity contribution in [2.24, 2.45) is 0 Å². The van der Waals surface area contributed by atoms with E-state index in [-0.39, 0.29) is 18.5 Å². The third kappa shape index (κ3) is 44.0. The number of allylic oxidation sites excluding steroid dienone is 10. The molecule has 0 bridgehead atoms. The average molecular weight is 753 g/mol. The van der Waals surface area contributed by atoms with Crippen LogP contribution < -0.4 is 0 Å². The molecule has 0 saturated heterocycles. The fraction of sp³-hybridized carbons (Fsp3) is 0.760. The van der Waals surface area contributed by atoms with Crippen LogP contribution in [0.2, 0.25) is 0 Å². The number of carboxylic acid groups (broad SMARTS) is 1. The van der Waals surface area contributed by atoms with Crippen molar-refractivity contribution in [1.82, 2.24) is 0 Å². The zero-order valence-electron chi connectivity index (χ0n) is 35.8. The summed E-state index contributed by atoms with van der Waals surface area (Å²) in [4.78, 5) is 23.5. The van der Waals surface area contributed by atoms with Crippen molar-refractivity contribution in [2.75, 3.05) is 0 Å². The quantitative estimate of drug-likeness (QED) is 0.0383. The molecule has 0 saturated carbocycles. The molecular formula is C50H88O4. The Morgan fingerprint density at radius 1 is 0.426 bits per heavy atom. The molecule has 0 amide bonds. The zero-order chi connectivity index (χ0) is 39.3. The number of carbonyl (C=O) groups is 2. The molecule has 0 rings (SSSR count). The van der Waals surface area contributed by atoms with Crippen LogP contribution in [-0.4, -0.2) is 23.1 Å². The maximum Gasteiger partial charge on any atom is 0.306 e. The van der Waals surface area contributed by atoms with E-state index in [2.05, 4.69) is 74.6 Å². The van der Waals surface area contributed by atoms with E-state index in [1.165, 1.54) is 116 Å². The van der Waals surface area contributed by atoms with Gasteiger partial charge in [0.1, 0.15) is 6.10 Å². The third-order valence-corrected chi connectivity index (χ3v) is 10.2. The highest BCUT2D eigenvalue weighted by Gasteiger charge is 2.14. The Bertz CT molecular complexity index is 942. The number of rotatable bonds is 42. The summed E-state index contributed by atoms with van der Waals surface area (Å²) in [6.45, 7) is 4.45. The summed E-state index contributed by atoms with van der Waals surface area (Å²) < 4.78 is 6.03. The fourth-order valence-electron chi connectivity index (χ4n) is 6.82.